The van der Waals surface area contributed by atoms with Crippen molar-refractivity contribution in [3.8, 4) is 5.75 Å². The first-order valence-electron chi connectivity index (χ1n) is 12.0. The lowest BCUT2D eigenvalue weighted by Crippen LogP contribution is -2.43. The molecule has 1 atom stereocenters. The molecule has 8 heteroatoms. The summed E-state index contributed by atoms with van der Waals surface area (Å²) in [6.45, 7) is 2.06. The van der Waals surface area contributed by atoms with Crippen LogP contribution >= 0.6 is 0 Å². The summed E-state index contributed by atoms with van der Waals surface area (Å²) in [5.74, 6) is -0.895. The number of hydrazone groups is 1. The van der Waals surface area contributed by atoms with Gasteiger partial charge in [-0.25, -0.2) is 9.40 Å². The van der Waals surface area contributed by atoms with Gasteiger partial charge in [0, 0.05) is 25.6 Å². The van der Waals surface area contributed by atoms with E-state index >= 15 is 0 Å². The first kappa shape index (κ1) is 26.0. The topological polar surface area (TPSA) is 71.4 Å². The third-order valence-corrected chi connectivity index (χ3v) is 6.31. The summed E-state index contributed by atoms with van der Waals surface area (Å²) >= 11 is 0. The molecule has 2 amide bonds. The fourth-order valence-corrected chi connectivity index (χ4v) is 4.26. The molecular weight excluding hydrogens is 473 g/mol. The molecule has 4 rings (SSSR count). The van der Waals surface area contributed by atoms with Crippen molar-refractivity contribution in [3.05, 3.63) is 101 Å². The van der Waals surface area contributed by atoms with Crippen LogP contribution in [0.3, 0.4) is 0 Å². The van der Waals surface area contributed by atoms with E-state index in [1.165, 1.54) is 35.2 Å². The lowest BCUT2D eigenvalue weighted by atomic mass is 9.97. The van der Waals surface area contributed by atoms with E-state index in [4.69, 9.17) is 14.6 Å². The summed E-state index contributed by atoms with van der Waals surface area (Å²) in [5.41, 5.74) is 3.54. The van der Waals surface area contributed by atoms with Gasteiger partial charge in [-0.2, -0.15) is 5.10 Å². The molecule has 7 nitrogen and oxygen atoms in total. The monoisotopic (exact) mass is 503 g/mol. The molecular formula is C29H30FN3O4. The molecule has 1 heterocycles. The van der Waals surface area contributed by atoms with Gasteiger partial charge >= 0.3 is 0 Å². The van der Waals surface area contributed by atoms with E-state index in [0.717, 1.165) is 22.4 Å². The minimum atomic E-state index is -0.639. The number of ether oxygens (including phenoxy) is 2. The molecule has 0 spiro atoms. The summed E-state index contributed by atoms with van der Waals surface area (Å²) in [6, 6.07) is 20.9. The molecule has 0 radical (unpaired) electrons. The lowest BCUT2D eigenvalue weighted by molar-refractivity contribution is -0.133. The number of methoxy groups -OCH3 is 2. The van der Waals surface area contributed by atoms with Crippen LogP contribution in [-0.4, -0.2) is 61.4 Å². The molecule has 0 saturated carbocycles. The molecule has 1 aliphatic heterocycles. The first-order chi connectivity index (χ1) is 17.9. The van der Waals surface area contributed by atoms with Gasteiger partial charge in [0.05, 0.1) is 31.0 Å². The van der Waals surface area contributed by atoms with E-state index in [9.17, 15) is 14.0 Å². The zero-order valence-corrected chi connectivity index (χ0v) is 21.2. The molecule has 0 unspecified atom stereocenters. The highest BCUT2D eigenvalue weighted by atomic mass is 19.1. The molecule has 3 aromatic carbocycles. The van der Waals surface area contributed by atoms with Crippen LogP contribution in [0.15, 0.2) is 77.9 Å². The van der Waals surface area contributed by atoms with Gasteiger partial charge in [0.25, 0.3) is 11.8 Å². The Morgan fingerprint density at radius 3 is 2.51 bits per heavy atom. The van der Waals surface area contributed by atoms with Gasteiger partial charge < -0.3 is 14.4 Å². The Morgan fingerprint density at radius 2 is 1.81 bits per heavy atom. The van der Waals surface area contributed by atoms with Gasteiger partial charge in [0.15, 0.2) is 0 Å². The van der Waals surface area contributed by atoms with Crippen LogP contribution < -0.4 is 4.74 Å². The third-order valence-electron chi connectivity index (χ3n) is 6.31. The Balaban J connectivity index is 1.65. The van der Waals surface area contributed by atoms with Gasteiger partial charge in [0.2, 0.25) is 0 Å². The molecule has 192 valence electrons. The fourth-order valence-electron chi connectivity index (χ4n) is 4.26. The maximum atomic E-state index is 14.4. The number of hydrogen-bond donors (Lipinski definition) is 0. The molecule has 0 fully saturated rings. The van der Waals surface area contributed by atoms with E-state index in [2.05, 4.69) is 0 Å². The van der Waals surface area contributed by atoms with Crippen LogP contribution in [0.5, 0.6) is 5.75 Å². The standard InChI is InChI=1S/C29H30FN3O4/c1-20-11-13-21(14-12-20)27-18-26(22-7-6-8-23(17-22)37-3)31-33(27)28(34)19-32(15-16-36-2)29(35)24-9-4-5-10-25(24)30/h4-14,17,27H,15-16,18-19H2,1-3H3/t27-/m0/s1. The van der Waals surface area contributed by atoms with E-state index in [-0.39, 0.29) is 37.2 Å². The smallest absolute Gasteiger partial charge is 0.262 e. The highest BCUT2D eigenvalue weighted by Gasteiger charge is 2.34. The number of halogens is 1. The summed E-state index contributed by atoms with van der Waals surface area (Å²) in [5, 5.41) is 6.14. The SMILES string of the molecule is COCCN(CC(=O)N1N=C(c2cccc(OC)c2)C[C@H]1c1ccc(C)cc1)C(=O)c1ccccc1F. The first-order valence-corrected chi connectivity index (χ1v) is 12.0. The number of benzene rings is 3. The lowest BCUT2D eigenvalue weighted by Gasteiger charge is -2.27. The zero-order chi connectivity index (χ0) is 26.4. The van der Waals surface area contributed by atoms with Gasteiger partial charge in [-0.1, -0.05) is 54.1 Å². The van der Waals surface area contributed by atoms with Crippen LogP contribution in [-0.2, 0) is 9.53 Å². The van der Waals surface area contributed by atoms with Crippen molar-refractivity contribution in [2.45, 2.75) is 19.4 Å². The van der Waals surface area contributed by atoms with Crippen LogP contribution in [0.1, 0.15) is 39.5 Å². The van der Waals surface area contributed by atoms with Gasteiger partial charge in [-0.15, -0.1) is 0 Å². The molecule has 0 saturated heterocycles. The quantitative estimate of drug-likeness (QED) is 0.428. The summed E-state index contributed by atoms with van der Waals surface area (Å²) in [4.78, 5) is 28.1. The van der Waals surface area contributed by atoms with Crippen LogP contribution in [0, 0.1) is 12.7 Å². The largest absolute Gasteiger partial charge is 0.497 e. The van der Waals surface area contributed by atoms with Crippen LogP contribution in [0.2, 0.25) is 0 Å². The maximum absolute atomic E-state index is 14.4. The summed E-state index contributed by atoms with van der Waals surface area (Å²) < 4.78 is 24.9. The number of carbonyl (C=O) groups excluding carboxylic acids is 2. The van der Waals surface area contributed by atoms with Crippen molar-refractivity contribution in [3.63, 3.8) is 0 Å². The highest BCUT2D eigenvalue weighted by molar-refractivity contribution is 6.04. The van der Waals surface area contributed by atoms with E-state index in [1.807, 2.05) is 55.5 Å². The molecule has 0 aliphatic carbocycles. The molecule has 0 N–H and O–H groups in total. The Labute approximate surface area is 216 Å². The average molecular weight is 504 g/mol. The van der Waals surface area contributed by atoms with Gasteiger partial charge in [-0.3, -0.25) is 9.59 Å². The number of hydrogen-bond acceptors (Lipinski definition) is 5. The van der Waals surface area contributed by atoms with Gasteiger partial charge in [0.1, 0.15) is 18.1 Å². The highest BCUT2D eigenvalue weighted by Crippen LogP contribution is 2.33. The molecule has 1 aliphatic rings. The molecule has 3 aromatic rings. The Bertz CT molecular complexity index is 1290. The number of aryl methyl sites for hydroxylation is 1. The minimum Gasteiger partial charge on any atom is -0.497 e. The minimum absolute atomic E-state index is 0.0940. The van der Waals surface area contributed by atoms with Crippen LogP contribution in [0.4, 0.5) is 4.39 Å². The Kier molecular flexibility index (Phi) is 8.30. The zero-order valence-electron chi connectivity index (χ0n) is 21.2. The van der Waals surface area contributed by atoms with E-state index in [0.29, 0.717) is 12.2 Å². The predicted molar refractivity (Wildman–Crippen MR) is 139 cm³/mol. The average Bonchev–Trinajstić information content (AvgIpc) is 3.37. The third kappa shape index (κ3) is 6.03. The number of rotatable bonds is 9. The van der Waals surface area contributed by atoms with Crippen molar-refractivity contribution >= 4 is 17.5 Å². The van der Waals surface area contributed by atoms with Crippen molar-refractivity contribution in [1.82, 2.24) is 9.91 Å². The Morgan fingerprint density at radius 1 is 1.05 bits per heavy atom. The van der Waals surface area contributed by atoms with Crippen LogP contribution in [0.25, 0.3) is 0 Å². The number of carbonyl (C=O) groups is 2. The van der Waals surface area contributed by atoms with Crippen molar-refractivity contribution < 1.29 is 23.5 Å². The Hall–Kier alpha value is -4.04. The number of amides is 2. The predicted octanol–water partition coefficient (Wildman–Crippen LogP) is 4.61. The maximum Gasteiger partial charge on any atom is 0.262 e. The molecule has 0 aromatic heterocycles. The van der Waals surface area contributed by atoms with E-state index in [1.54, 1.807) is 13.2 Å². The second-order valence-electron chi connectivity index (χ2n) is 8.85. The van der Waals surface area contributed by atoms with E-state index < -0.39 is 11.7 Å². The number of nitrogens with zero attached hydrogens (tertiary/aromatic N) is 3. The summed E-state index contributed by atoms with van der Waals surface area (Å²) in [7, 11) is 3.11. The van der Waals surface area contributed by atoms with Crippen molar-refractivity contribution in [2.75, 3.05) is 33.9 Å². The second kappa shape index (κ2) is 11.8. The normalized spacial score (nSPS) is 14.9. The molecule has 37 heavy (non-hydrogen) atoms. The van der Waals surface area contributed by atoms with Crippen molar-refractivity contribution in [2.24, 2.45) is 5.10 Å². The molecule has 0 bridgehead atoms. The van der Waals surface area contributed by atoms with Gasteiger partial charge in [-0.05, 0) is 36.8 Å². The van der Waals surface area contributed by atoms with Crippen molar-refractivity contribution in [1.29, 1.82) is 0 Å². The second-order valence-corrected chi connectivity index (χ2v) is 8.85. The fraction of sp³-hybridized carbons (Fsp3) is 0.276. The summed E-state index contributed by atoms with van der Waals surface area (Å²) in [6.07, 6.45) is 0.501.